The molecule has 1 saturated carbocycles. The van der Waals surface area contributed by atoms with Crippen molar-refractivity contribution in [2.45, 2.75) is 24.7 Å². The minimum absolute atomic E-state index is 0.00581. The van der Waals surface area contributed by atoms with Crippen molar-refractivity contribution in [3.8, 4) is 0 Å². The zero-order valence-corrected chi connectivity index (χ0v) is 14.5. The summed E-state index contributed by atoms with van der Waals surface area (Å²) in [6, 6.07) is 4.62. The van der Waals surface area contributed by atoms with Crippen molar-refractivity contribution < 1.29 is 23.1 Å². The van der Waals surface area contributed by atoms with E-state index < -0.39 is 21.7 Å². The fraction of sp³-hybridized carbons (Fsp3) is 0.529. The summed E-state index contributed by atoms with van der Waals surface area (Å²) in [5, 5.41) is 9.40. The van der Waals surface area contributed by atoms with E-state index in [2.05, 4.69) is 0 Å². The molecule has 2 aliphatic rings. The number of likely N-dealkylation sites (tertiary alicyclic amines) is 1. The van der Waals surface area contributed by atoms with E-state index in [0.717, 1.165) is 19.1 Å². The Bertz CT molecular complexity index is 797. The highest BCUT2D eigenvalue weighted by molar-refractivity contribution is 7.90. The molecule has 1 aromatic rings. The van der Waals surface area contributed by atoms with Gasteiger partial charge in [-0.15, -0.1) is 0 Å². The molecule has 0 bridgehead atoms. The van der Waals surface area contributed by atoms with E-state index in [1.54, 1.807) is 24.0 Å². The molecule has 2 atom stereocenters. The molecule has 1 saturated heterocycles. The van der Waals surface area contributed by atoms with Gasteiger partial charge in [-0.25, -0.2) is 8.42 Å². The van der Waals surface area contributed by atoms with Crippen LogP contribution >= 0.6 is 0 Å². The Kier molecular flexibility index (Phi) is 4.15. The minimum Gasteiger partial charge on any atom is -0.481 e. The van der Waals surface area contributed by atoms with Crippen molar-refractivity contribution in [2.24, 2.45) is 17.8 Å². The van der Waals surface area contributed by atoms with Crippen LogP contribution in [0.3, 0.4) is 0 Å². The zero-order valence-electron chi connectivity index (χ0n) is 13.7. The van der Waals surface area contributed by atoms with Crippen LogP contribution in [0.4, 0.5) is 0 Å². The maximum absolute atomic E-state index is 12.7. The molecule has 130 valence electrons. The van der Waals surface area contributed by atoms with Gasteiger partial charge in [0.2, 0.25) is 0 Å². The van der Waals surface area contributed by atoms with Crippen LogP contribution in [-0.4, -0.2) is 49.6 Å². The van der Waals surface area contributed by atoms with Crippen molar-refractivity contribution in [3.63, 3.8) is 0 Å². The van der Waals surface area contributed by atoms with E-state index in [1.165, 1.54) is 6.07 Å². The SMILES string of the molecule is Cc1ccc(C(=O)N2C[C@H](C(=O)O)[C@@H](C3CC3)C2)cc1S(C)(=O)=O. The number of carbonyl (C=O) groups is 2. The third-order valence-electron chi connectivity index (χ3n) is 5.03. The van der Waals surface area contributed by atoms with Crippen molar-refractivity contribution in [1.29, 1.82) is 0 Å². The number of carboxylic acid groups (broad SMARTS) is 1. The van der Waals surface area contributed by atoms with Crippen molar-refractivity contribution in [2.75, 3.05) is 19.3 Å². The molecular weight excluding hydrogens is 330 g/mol. The Hall–Kier alpha value is -1.89. The fourth-order valence-corrected chi connectivity index (χ4v) is 4.57. The molecule has 0 spiro atoms. The summed E-state index contributed by atoms with van der Waals surface area (Å²) in [5.74, 6) is -1.28. The summed E-state index contributed by atoms with van der Waals surface area (Å²) in [5.41, 5.74) is 0.886. The van der Waals surface area contributed by atoms with Crippen LogP contribution in [0.5, 0.6) is 0 Å². The van der Waals surface area contributed by atoms with E-state index in [-0.39, 0.29) is 23.3 Å². The normalized spacial score (nSPS) is 24.2. The Labute approximate surface area is 141 Å². The molecule has 0 aromatic heterocycles. The van der Waals surface area contributed by atoms with Crippen LogP contribution in [0.2, 0.25) is 0 Å². The lowest BCUT2D eigenvalue weighted by Crippen LogP contribution is -2.30. The van der Waals surface area contributed by atoms with Crippen molar-refractivity contribution >= 4 is 21.7 Å². The van der Waals surface area contributed by atoms with Gasteiger partial charge in [-0.2, -0.15) is 0 Å². The highest BCUT2D eigenvalue weighted by Gasteiger charge is 2.46. The van der Waals surface area contributed by atoms with E-state index in [9.17, 15) is 23.1 Å². The number of hydrogen-bond acceptors (Lipinski definition) is 4. The topological polar surface area (TPSA) is 91.8 Å². The van der Waals surface area contributed by atoms with Crippen LogP contribution in [0.25, 0.3) is 0 Å². The summed E-state index contributed by atoms with van der Waals surface area (Å²) >= 11 is 0. The summed E-state index contributed by atoms with van der Waals surface area (Å²) in [6.07, 6.45) is 3.17. The van der Waals surface area contributed by atoms with Crippen molar-refractivity contribution in [1.82, 2.24) is 4.90 Å². The number of carbonyl (C=O) groups excluding carboxylic acids is 1. The summed E-state index contributed by atoms with van der Waals surface area (Å²) in [4.78, 5) is 25.9. The molecule has 1 heterocycles. The number of hydrogen-bond donors (Lipinski definition) is 1. The van der Waals surface area contributed by atoms with Crippen LogP contribution in [0.1, 0.15) is 28.8 Å². The minimum atomic E-state index is -3.42. The quantitative estimate of drug-likeness (QED) is 0.889. The molecule has 1 aliphatic carbocycles. The standard InChI is InChI=1S/C17H21NO5S/c1-10-3-4-12(7-15(10)24(2,22)23)16(19)18-8-13(11-5-6-11)14(9-18)17(20)21/h3-4,7,11,13-14H,5-6,8-9H2,1-2H3,(H,20,21)/t13-,14+/m1/s1. The van der Waals surface area contributed by atoms with Crippen LogP contribution in [0, 0.1) is 24.7 Å². The monoisotopic (exact) mass is 351 g/mol. The largest absolute Gasteiger partial charge is 0.481 e. The predicted octanol–water partition coefficient (Wildman–Crippen LogP) is 1.58. The second-order valence-corrected chi connectivity index (χ2v) is 8.89. The Morgan fingerprint density at radius 3 is 2.42 bits per heavy atom. The Morgan fingerprint density at radius 1 is 1.21 bits per heavy atom. The number of aryl methyl sites for hydroxylation is 1. The third-order valence-corrected chi connectivity index (χ3v) is 6.27. The molecule has 1 aromatic carbocycles. The molecule has 0 unspecified atom stereocenters. The van der Waals surface area contributed by atoms with E-state index in [1.807, 2.05) is 0 Å². The number of aliphatic carboxylic acids is 1. The van der Waals surface area contributed by atoms with Crippen LogP contribution in [-0.2, 0) is 14.6 Å². The molecule has 24 heavy (non-hydrogen) atoms. The van der Waals surface area contributed by atoms with E-state index in [4.69, 9.17) is 0 Å². The number of carboxylic acids is 1. The van der Waals surface area contributed by atoms with Gasteiger partial charge >= 0.3 is 5.97 Å². The summed E-state index contributed by atoms with van der Waals surface area (Å²) in [6.45, 7) is 2.31. The maximum Gasteiger partial charge on any atom is 0.308 e. The second kappa shape index (κ2) is 5.88. The Morgan fingerprint density at radius 2 is 1.88 bits per heavy atom. The number of rotatable bonds is 4. The first-order chi connectivity index (χ1) is 11.2. The fourth-order valence-electron chi connectivity index (χ4n) is 3.57. The maximum atomic E-state index is 12.7. The van der Waals surface area contributed by atoms with Gasteiger partial charge in [0.1, 0.15) is 0 Å². The number of sulfone groups is 1. The van der Waals surface area contributed by atoms with Gasteiger partial charge in [0, 0.05) is 24.9 Å². The Balaban J connectivity index is 1.86. The first-order valence-electron chi connectivity index (χ1n) is 8.01. The van der Waals surface area contributed by atoms with Gasteiger partial charge in [0.15, 0.2) is 9.84 Å². The first-order valence-corrected chi connectivity index (χ1v) is 9.90. The van der Waals surface area contributed by atoms with E-state index >= 15 is 0 Å². The van der Waals surface area contributed by atoms with Gasteiger partial charge in [-0.1, -0.05) is 6.07 Å². The third kappa shape index (κ3) is 3.17. The van der Waals surface area contributed by atoms with Crippen LogP contribution < -0.4 is 0 Å². The lowest BCUT2D eigenvalue weighted by atomic mass is 9.92. The lowest BCUT2D eigenvalue weighted by molar-refractivity contribution is -0.142. The molecule has 7 heteroatoms. The smallest absolute Gasteiger partial charge is 0.308 e. The van der Waals surface area contributed by atoms with Gasteiger partial charge in [-0.05, 0) is 49.3 Å². The second-order valence-electron chi connectivity index (χ2n) is 6.91. The molecule has 2 fully saturated rings. The molecule has 0 radical (unpaired) electrons. The summed E-state index contributed by atoms with van der Waals surface area (Å²) in [7, 11) is -3.42. The average Bonchev–Trinajstić information content (AvgIpc) is 3.24. The highest BCUT2D eigenvalue weighted by Crippen LogP contribution is 2.44. The lowest BCUT2D eigenvalue weighted by Gasteiger charge is -2.17. The molecule has 1 amide bonds. The van der Waals surface area contributed by atoms with Gasteiger partial charge < -0.3 is 10.0 Å². The van der Waals surface area contributed by atoms with Gasteiger partial charge in [-0.3, -0.25) is 9.59 Å². The number of amides is 1. The first kappa shape index (κ1) is 17.0. The zero-order chi connectivity index (χ0) is 17.6. The molecule has 3 rings (SSSR count). The molecule has 1 N–H and O–H groups in total. The molecule has 1 aliphatic heterocycles. The van der Waals surface area contributed by atoms with Gasteiger partial charge in [0.05, 0.1) is 10.8 Å². The van der Waals surface area contributed by atoms with Crippen molar-refractivity contribution in [3.05, 3.63) is 29.3 Å². The van der Waals surface area contributed by atoms with E-state index in [0.29, 0.717) is 23.6 Å². The average molecular weight is 351 g/mol. The molecule has 6 nitrogen and oxygen atoms in total. The summed E-state index contributed by atoms with van der Waals surface area (Å²) < 4.78 is 23.7. The van der Waals surface area contributed by atoms with Crippen LogP contribution in [0.15, 0.2) is 23.1 Å². The van der Waals surface area contributed by atoms with Gasteiger partial charge in [0.25, 0.3) is 5.91 Å². The predicted molar refractivity (Wildman–Crippen MR) is 87.5 cm³/mol. The number of nitrogens with zero attached hydrogens (tertiary/aromatic N) is 1. The number of benzene rings is 1. The molecular formula is C17H21NO5S. The highest BCUT2D eigenvalue weighted by atomic mass is 32.2.